The van der Waals surface area contributed by atoms with Gasteiger partial charge in [0.05, 0.1) is 30.8 Å². The Kier molecular flexibility index (Phi) is 4.53. The number of methoxy groups -OCH3 is 1. The van der Waals surface area contributed by atoms with Crippen LogP contribution >= 0.6 is 23.2 Å². The van der Waals surface area contributed by atoms with Crippen molar-refractivity contribution in [1.29, 1.82) is 0 Å². The average Bonchev–Trinajstić information content (AvgIpc) is 3.24. The summed E-state index contributed by atoms with van der Waals surface area (Å²) >= 11 is 12.6. The van der Waals surface area contributed by atoms with E-state index in [4.69, 9.17) is 32.4 Å². The minimum atomic E-state index is 0.260. The number of nitrogens with one attached hydrogen (secondary N) is 1. The Morgan fingerprint density at radius 3 is 2.92 bits per heavy atom. The zero-order valence-corrected chi connectivity index (χ0v) is 15.3. The summed E-state index contributed by atoms with van der Waals surface area (Å²) in [5, 5.41) is 12.0. The highest BCUT2D eigenvalue weighted by Gasteiger charge is 2.20. The molecule has 0 amide bonds. The Morgan fingerprint density at radius 2 is 2.08 bits per heavy atom. The van der Waals surface area contributed by atoms with Crippen molar-refractivity contribution in [3.8, 4) is 5.75 Å². The smallest absolute Gasteiger partial charge is 0.320 e. The van der Waals surface area contributed by atoms with Gasteiger partial charge in [-0.05, 0) is 29.3 Å². The van der Waals surface area contributed by atoms with Crippen molar-refractivity contribution in [3.63, 3.8) is 0 Å². The molecule has 0 spiro atoms. The van der Waals surface area contributed by atoms with Crippen LogP contribution in [0.1, 0.15) is 22.6 Å². The van der Waals surface area contributed by atoms with Crippen molar-refractivity contribution in [3.05, 3.63) is 64.0 Å². The van der Waals surface area contributed by atoms with Crippen LogP contribution in [0.15, 0.2) is 45.8 Å². The van der Waals surface area contributed by atoms with Crippen molar-refractivity contribution >= 4 is 40.1 Å². The maximum atomic E-state index is 6.44. The first-order valence-corrected chi connectivity index (χ1v) is 8.63. The van der Waals surface area contributed by atoms with Crippen LogP contribution in [0.3, 0.4) is 0 Å². The number of rotatable bonds is 5. The third-order valence-corrected chi connectivity index (χ3v) is 4.72. The highest BCUT2D eigenvalue weighted by Crippen LogP contribution is 2.35. The fraction of sp³-hybridized carbons (Fsp3) is 0.167. The molecule has 1 N–H and O–H groups in total. The lowest BCUT2D eigenvalue weighted by Crippen LogP contribution is -1.97. The van der Waals surface area contributed by atoms with E-state index in [0.29, 0.717) is 34.7 Å². The number of halogens is 2. The summed E-state index contributed by atoms with van der Waals surface area (Å²) in [6.45, 7) is 0.541. The number of hydrogen-bond acceptors (Lipinski definition) is 6. The normalized spacial score (nSPS) is 12.7. The SMILES string of the molecule is COc1cccc(Cc2nnc(Nc3ccc4c(c3Cl)C(Cl)=NC4)o2)c1. The molecule has 0 atom stereocenters. The molecule has 0 aliphatic carbocycles. The summed E-state index contributed by atoms with van der Waals surface area (Å²) < 4.78 is 10.9. The molecule has 0 bridgehead atoms. The van der Waals surface area contributed by atoms with Gasteiger partial charge in [-0.1, -0.05) is 46.5 Å². The Bertz CT molecular complexity index is 1000. The number of anilines is 2. The summed E-state index contributed by atoms with van der Waals surface area (Å²) in [6, 6.07) is 11.7. The zero-order valence-electron chi connectivity index (χ0n) is 13.8. The third-order valence-electron chi connectivity index (χ3n) is 4.02. The number of hydrogen-bond donors (Lipinski definition) is 1. The van der Waals surface area contributed by atoms with Crippen molar-refractivity contribution in [2.24, 2.45) is 4.99 Å². The van der Waals surface area contributed by atoms with Crippen LogP contribution in [0.25, 0.3) is 0 Å². The summed E-state index contributed by atoms with van der Waals surface area (Å²) in [5.74, 6) is 1.27. The minimum absolute atomic E-state index is 0.260. The van der Waals surface area contributed by atoms with E-state index in [-0.39, 0.29) is 6.01 Å². The monoisotopic (exact) mass is 388 g/mol. The van der Waals surface area contributed by atoms with Crippen LogP contribution in [0.4, 0.5) is 11.7 Å². The first-order chi connectivity index (χ1) is 12.6. The molecule has 0 saturated heterocycles. The summed E-state index contributed by atoms with van der Waals surface area (Å²) in [5.41, 5.74) is 3.39. The van der Waals surface area contributed by atoms with Crippen LogP contribution in [0.5, 0.6) is 5.75 Å². The number of aliphatic imine (C=N–C) groups is 1. The number of ether oxygens (including phenoxy) is 1. The zero-order chi connectivity index (χ0) is 18.1. The summed E-state index contributed by atoms with van der Waals surface area (Å²) in [4.78, 5) is 4.19. The fourth-order valence-corrected chi connectivity index (χ4v) is 3.39. The molecule has 0 radical (unpaired) electrons. The van der Waals surface area contributed by atoms with Crippen molar-refractivity contribution in [1.82, 2.24) is 10.2 Å². The lowest BCUT2D eigenvalue weighted by molar-refractivity contribution is 0.414. The van der Waals surface area contributed by atoms with Gasteiger partial charge in [0.15, 0.2) is 0 Å². The molecule has 2 aromatic carbocycles. The highest BCUT2D eigenvalue weighted by atomic mass is 35.5. The van der Waals surface area contributed by atoms with Crippen LogP contribution in [-0.2, 0) is 13.0 Å². The standard InChI is InChI=1S/C18H14Cl2N4O2/c1-25-12-4-2-3-10(7-12)8-14-23-24-18(26-14)22-13-6-5-11-9-21-17(20)15(11)16(13)19/h2-7H,8-9H2,1H3,(H,22,24). The minimum Gasteiger partial charge on any atom is -0.497 e. The van der Waals surface area contributed by atoms with Gasteiger partial charge in [0.1, 0.15) is 10.9 Å². The molecule has 1 aliphatic heterocycles. The molecule has 1 aliphatic rings. The van der Waals surface area contributed by atoms with E-state index in [9.17, 15) is 0 Å². The van der Waals surface area contributed by atoms with Gasteiger partial charge in [-0.2, -0.15) is 0 Å². The van der Waals surface area contributed by atoms with E-state index in [1.54, 1.807) is 7.11 Å². The molecule has 1 aromatic heterocycles. The van der Waals surface area contributed by atoms with E-state index >= 15 is 0 Å². The van der Waals surface area contributed by atoms with Crippen LogP contribution in [-0.4, -0.2) is 22.5 Å². The second-order valence-corrected chi connectivity index (χ2v) is 6.46. The second-order valence-electron chi connectivity index (χ2n) is 5.72. The molecule has 8 heteroatoms. The summed E-state index contributed by atoms with van der Waals surface area (Å²) in [7, 11) is 1.63. The average molecular weight is 389 g/mol. The van der Waals surface area contributed by atoms with Gasteiger partial charge in [-0.3, -0.25) is 4.99 Å². The largest absolute Gasteiger partial charge is 0.497 e. The molecule has 0 saturated carbocycles. The number of benzene rings is 2. The van der Waals surface area contributed by atoms with Gasteiger partial charge >= 0.3 is 6.01 Å². The maximum absolute atomic E-state index is 6.44. The maximum Gasteiger partial charge on any atom is 0.320 e. The molecular weight excluding hydrogens is 375 g/mol. The Morgan fingerprint density at radius 1 is 1.19 bits per heavy atom. The number of aromatic nitrogens is 2. The van der Waals surface area contributed by atoms with Gasteiger partial charge in [0.2, 0.25) is 5.89 Å². The van der Waals surface area contributed by atoms with E-state index in [1.807, 2.05) is 36.4 Å². The van der Waals surface area contributed by atoms with Crippen LogP contribution < -0.4 is 10.1 Å². The topological polar surface area (TPSA) is 72.5 Å². The van der Waals surface area contributed by atoms with E-state index in [0.717, 1.165) is 22.4 Å². The molecule has 0 unspecified atom stereocenters. The second kappa shape index (κ2) is 6.97. The Hall–Kier alpha value is -2.57. The molecule has 6 nitrogen and oxygen atoms in total. The molecule has 2 heterocycles. The number of fused-ring (bicyclic) bond motifs is 1. The number of nitrogens with zero attached hydrogens (tertiary/aromatic N) is 3. The van der Waals surface area contributed by atoms with Crippen molar-refractivity contribution in [2.75, 3.05) is 12.4 Å². The first-order valence-electron chi connectivity index (χ1n) is 7.88. The van der Waals surface area contributed by atoms with E-state index in [1.165, 1.54) is 0 Å². The van der Waals surface area contributed by atoms with E-state index < -0.39 is 0 Å². The molecule has 4 rings (SSSR count). The van der Waals surface area contributed by atoms with Gasteiger partial charge in [-0.25, -0.2) is 0 Å². The first kappa shape index (κ1) is 16.9. The Balaban J connectivity index is 1.52. The van der Waals surface area contributed by atoms with Crippen LogP contribution in [0.2, 0.25) is 5.02 Å². The van der Waals surface area contributed by atoms with Gasteiger partial charge in [0, 0.05) is 5.56 Å². The Labute approximate surface area is 159 Å². The molecule has 132 valence electrons. The third kappa shape index (κ3) is 3.25. The lowest BCUT2D eigenvalue weighted by atomic mass is 10.1. The highest BCUT2D eigenvalue weighted by molar-refractivity contribution is 6.71. The predicted molar refractivity (Wildman–Crippen MR) is 101 cm³/mol. The van der Waals surface area contributed by atoms with Crippen molar-refractivity contribution < 1.29 is 9.15 Å². The van der Waals surface area contributed by atoms with E-state index in [2.05, 4.69) is 20.5 Å². The molecular formula is C18H14Cl2N4O2. The fourth-order valence-electron chi connectivity index (χ4n) is 2.75. The van der Waals surface area contributed by atoms with Crippen molar-refractivity contribution in [2.45, 2.75) is 13.0 Å². The quantitative estimate of drug-likeness (QED) is 0.692. The van der Waals surface area contributed by atoms with Gasteiger partial charge < -0.3 is 14.5 Å². The van der Waals surface area contributed by atoms with Crippen LogP contribution in [0, 0.1) is 0 Å². The predicted octanol–water partition coefficient (Wildman–Crippen LogP) is 4.57. The molecule has 26 heavy (non-hydrogen) atoms. The molecule has 3 aromatic rings. The lowest BCUT2D eigenvalue weighted by Gasteiger charge is -2.08. The molecule has 0 fully saturated rings. The van der Waals surface area contributed by atoms with Gasteiger partial charge in [-0.15, -0.1) is 5.10 Å². The summed E-state index contributed by atoms with van der Waals surface area (Å²) in [6.07, 6.45) is 0.502. The van der Waals surface area contributed by atoms with Gasteiger partial charge in [0.25, 0.3) is 0 Å².